The molecule has 1 saturated carbocycles. The zero-order chi connectivity index (χ0) is 6.97. The van der Waals surface area contributed by atoms with E-state index in [0.29, 0.717) is 11.1 Å². The van der Waals surface area contributed by atoms with E-state index in [1.54, 1.807) is 0 Å². The molecule has 0 aromatic rings. The first kappa shape index (κ1) is 7.11. The third-order valence-electron chi connectivity index (χ3n) is 2.65. The van der Waals surface area contributed by atoms with Crippen LogP contribution in [0.15, 0.2) is 0 Å². The molecule has 3 unspecified atom stereocenters. The van der Waals surface area contributed by atoms with E-state index in [0.717, 1.165) is 5.92 Å². The van der Waals surface area contributed by atoms with Gasteiger partial charge in [0.25, 0.3) is 0 Å². The number of ether oxygens (including phenoxy) is 1. The fourth-order valence-electron chi connectivity index (χ4n) is 2.11. The van der Waals surface area contributed by atoms with Gasteiger partial charge in [-0.2, -0.15) is 0 Å². The van der Waals surface area contributed by atoms with E-state index < -0.39 is 0 Å². The van der Waals surface area contributed by atoms with Crippen molar-refractivity contribution in [1.82, 2.24) is 0 Å². The fourth-order valence-corrected chi connectivity index (χ4v) is 2.86. The van der Waals surface area contributed by atoms with Gasteiger partial charge in [-0.1, -0.05) is 28.8 Å². The molecule has 0 amide bonds. The second-order valence-corrected chi connectivity index (χ2v) is 4.39. The van der Waals surface area contributed by atoms with Crippen molar-refractivity contribution < 1.29 is 4.74 Å². The predicted octanol–water partition coefficient (Wildman–Crippen LogP) is 2.69. The van der Waals surface area contributed by atoms with Gasteiger partial charge in [0, 0.05) is 0 Å². The molecule has 1 aliphatic carbocycles. The maximum absolute atomic E-state index is 5.68. The highest BCUT2D eigenvalue weighted by Gasteiger charge is 2.34. The zero-order valence-corrected chi connectivity index (χ0v) is 7.64. The number of hydrogen-bond acceptors (Lipinski definition) is 1. The zero-order valence-electron chi connectivity index (χ0n) is 6.05. The van der Waals surface area contributed by atoms with Crippen molar-refractivity contribution in [3.05, 3.63) is 0 Å². The summed E-state index contributed by atoms with van der Waals surface area (Å²) in [6.07, 6.45) is 7.33. The van der Waals surface area contributed by atoms with Crippen molar-refractivity contribution >= 4 is 15.9 Å². The number of fused-ring (bicyclic) bond motifs is 1. The highest BCUT2D eigenvalue weighted by molar-refractivity contribution is 9.09. The van der Waals surface area contributed by atoms with Gasteiger partial charge in [0.2, 0.25) is 0 Å². The van der Waals surface area contributed by atoms with Gasteiger partial charge in [-0.15, -0.1) is 0 Å². The van der Waals surface area contributed by atoms with E-state index in [9.17, 15) is 0 Å². The molecule has 1 heterocycles. The van der Waals surface area contributed by atoms with Crippen molar-refractivity contribution in [3.63, 3.8) is 0 Å². The molecular formula is C8H13BrO. The Morgan fingerprint density at radius 3 is 2.80 bits per heavy atom. The minimum absolute atomic E-state index is 0.362. The second-order valence-electron chi connectivity index (χ2n) is 3.36. The van der Waals surface area contributed by atoms with Crippen molar-refractivity contribution in [1.29, 1.82) is 0 Å². The van der Waals surface area contributed by atoms with Crippen molar-refractivity contribution in [3.8, 4) is 0 Å². The number of halogens is 1. The predicted molar refractivity (Wildman–Crippen MR) is 44.2 cm³/mol. The topological polar surface area (TPSA) is 9.23 Å². The van der Waals surface area contributed by atoms with E-state index in [4.69, 9.17) is 4.74 Å². The summed E-state index contributed by atoms with van der Waals surface area (Å²) in [5, 5.41) is 0.362. The van der Waals surface area contributed by atoms with Crippen molar-refractivity contribution in [2.45, 2.75) is 43.2 Å². The van der Waals surface area contributed by atoms with Gasteiger partial charge in [-0.25, -0.2) is 0 Å². The number of hydrogen-bond donors (Lipinski definition) is 0. The highest BCUT2D eigenvalue weighted by atomic mass is 79.9. The van der Waals surface area contributed by atoms with Crippen LogP contribution in [-0.4, -0.2) is 11.1 Å². The van der Waals surface area contributed by atoms with Crippen LogP contribution in [-0.2, 0) is 4.74 Å². The second kappa shape index (κ2) is 2.82. The number of alkyl halides is 1. The first-order chi connectivity index (χ1) is 4.86. The van der Waals surface area contributed by atoms with Gasteiger partial charge in [0.1, 0.15) is 5.01 Å². The Labute approximate surface area is 70.3 Å². The van der Waals surface area contributed by atoms with Gasteiger partial charge >= 0.3 is 0 Å². The molecule has 0 aromatic carbocycles. The molecule has 0 radical (unpaired) electrons. The van der Waals surface area contributed by atoms with Gasteiger partial charge < -0.3 is 4.74 Å². The molecule has 2 aliphatic rings. The van der Waals surface area contributed by atoms with Gasteiger partial charge in [0.15, 0.2) is 0 Å². The van der Waals surface area contributed by atoms with E-state index in [2.05, 4.69) is 15.9 Å². The summed E-state index contributed by atoms with van der Waals surface area (Å²) in [7, 11) is 0. The normalized spacial score (nSPS) is 47.1. The van der Waals surface area contributed by atoms with Crippen LogP contribution in [0.2, 0.25) is 0 Å². The monoisotopic (exact) mass is 204 g/mol. The summed E-state index contributed by atoms with van der Waals surface area (Å²) in [5.74, 6) is 0.873. The molecular weight excluding hydrogens is 192 g/mol. The summed E-state index contributed by atoms with van der Waals surface area (Å²) in [4.78, 5) is 0. The molecule has 0 spiro atoms. The Morgan fingerprint density at radius 2 is 2.00 bits per heavy atom. The SMILES string of the molecule is BrC1CC2CCCCC2O1. The van der Waals surface area contributed by atoms with E-state index in [-0.39, 0.29) is 0 Å². The van der Waals surface area contributed by atoms with Gasteiger partial charge in [-0.3, -0.25) is 0 Å². The van der Waals surface area contributed by atoms with Crippen LogP contribution >= 0.6 is 15.9 Å². The first-order valence-electron chi connectivity index (χ1n) is 4.16. The Hall–Kier alpha value is 0.440. The Balaban J connectivity index is 1.97. The molecule has 0 N–H and O–H groups in total. The minimum atomic E-state index is 0.362. The molecule has 0 bridgehead atoms. The molecule has 2 fully saturated rings. The lowest BCUT2D eigenvalue weighted by molar-refractivity contribution is 0.0559. The fraction of sp³-hybridized carbons (Fsp3) is 1.00. The van der Waals surface area contributed by atoms with Crippen LogP contribution in [0.3, 0.4) is 0 Å². The first-order valence-corrected chi connectivity index (χ1v) is 5.07. The van der Waals surface area contributed by atoms with E-state index in [1.807, 2.05) is 0 Å². The third kappa shape index (κ3) is 1.24. The van der Waals surface area contributed by atoms with Crippen molar-refractivity contribution in [2.24, 2.45) is 5.92 Å². The summed E-state index contributed by atoms with van der Waals surface area (Å²) in [5.41, 5.74) is 0. The molecule has 10 heavy (non-hydrogen) atoms. The van der Waals surface area contributed by atoms with Crippen LogP contribution in [0.4, 0.5) is 0 Å². The average molecular weight is 205 g/mol. The average Bonchev–Trinajstić information content (AvgIpc) is 2.27. The van der Waals surface area contributed by atoms with Crippen LogP contribution in [0.1, 0.15) is 32.1 Å². The molecule has 1 nitrogen and oxygen atoms in total. The summed E-state index contributed by atoms with van der Waals surface area (Å²) >= 11 is 3.51. The Kier molecular flexibility index (Phi) is 2.01. The molecule has 1 aliphatic heterocycles. The van der Waals surface area contributed by atoms with Gasteiger partial charge in [0.05, 0.1) is 6.10 Å². The lowest BCUT2D eigenvalue weighted by Crippen LogP contribution is -2.19. The third-order valence-corrected chi connectivity index (χ3v) is 3.24. The minimum Gasteiger partial charge on any atom is -0.363 e. The largest absolute Gasteiger partial charge is 0.363 e. The highest BCUT2D eigenvalue weighted by Crippen LogP contribution is 2.38. The molecule has 1 saturated heterocycles. The quantitative estimate of drug-likeness (QED) is 0.552. The van der Waals surface area contributed by atoms with Gasteiger partial charge in [-0.05, 0) is 25.2 Å². The maximum Gasteiger partial charge on any atom is 0.113 e. The van der Waals surface area contributed by atoms with E-state index >= 15 is 0 Å². The molecule has 3 atom stereocenters. The lowest BCUT2D eigenvalue weighted by atomic mass is 9.86. The summed E-state index contributed by atoms with van der Waals surface area (Å²) in [6, 6.07) is 0. The standard InChI is InChI=1S/C8H13BrO/c9-8-5-6-3-1-2-4-7(6)10-8/h6-8H,1-5H2. The maximum atomic E-state index is 5.68. The van der Waals surface area contributed by atoms with Crippen LogP contribution in [0, 0.1) is 5.92 Å². The molecule has 58 valence electrons. The Bertz CT molecular complexity index is 112. The number of rotatable bonds is 0. The summed E-state index contributed by atoms with van der Waals surface area (Å²) in [6.45, 7) is 0. The molecule has 2 rings (SSSR count). The summed E-state index contributed by atoms with van der Waals surface area (Å²) < 4.78 is 5.68. The van der Waals surface area contributed by atoms with E-state index in [1.165, 1.54) is 32.1 Å². The lowest BCUT2D eigenvalue weighted by Gasteiger charge is -2.22. The van der Waals surface area contributed by atoms with Crippen LogP contribution in [0.25, 0.3) is 0 Å². The molecule has 0 aromatic heterocycles. The smallest absolute Gasteiger partial charge is 0.113 e. The van der Waals surface area contributed by atoms with Crippen LogP contribution < -0.4 is 0 Å². The Morgan fingerprint density at radius 1 is 1.20 bits per heavy atom. The van der Waals surface area contributed by atoms with Crippen molar-refractivity contribution in [2.75, 3.05) is 0 Å². The molecule has 2 heteroatoms. The van der Waals surface area contributed by atoms with Crippen LogP contribution in [0.5, 0.6) is 0 Å².